The molecule has 2 N–H and O–H groups in total. The van der Waals surface area contributed by atoms with Crippen LogP contribution in [-0.2, 0) is 13.6 Å². The summed E-state index contributed by atoms with van der Waals surface area (Å²) in [5.74, 6) is 1.83. The van der Waals surface area contributed by atoms with Crippen molar-refractivity contribution in [2.75, 3.05) is 24.6 Å². The maximum absolute atomic E-state index is 9.42. The van der Waals surface area contributed by atoms with Crippen LogP contribution in [-0.4, -0.2) is 40.6 Å². The van der Waals surface area contributed by atoms with Crippen LogP contribution in [0.5, 0.6) is 0 Å². The molecule has 21 heavy (non-hydrogen) atoms. The third kappa shape index (κ3) is 3.77. The molecule has 1 aliphatic carbocycles. The standard InChI is InChI=1S/C16H30N4O/c1-12(2)10-17-11-15-13(3)18-19(4)16(15)20(8-9-21)14-6-5-7-14/h12,14,17,21H,5-11H2,1-4H3. The molecule has 0 spiro atoms. The molecule has 1 saturated carbocycles. The van der Waals surface area contributed by atoms with Crippen LogP contribution in [0.25, 0.3) is 0 Å². The van der Waals surface area contributed by atoms with Crippen molar-refractivity contribution in [2.24, 2.45) is 13.0 Å². The second kappa shape index (κ2) is 7.27. The topological polar surface area (TPSA) is 53.3 Å². The lowest BCUT2D eigenvalue weighted by molar-refractivity contribution is 0.281. The fourth-order valence-corrected chi connectivity index (χ4v) is 3.01. The average molecular weight is 294 g/mol. The van der Waals surface area contributed by atoms with Gasteiger partial charge in [-0.2, -0.15) is 5.10 Å². The maximum Gasteiger partial charge on any atom is 0.131 e. The molecular weight excluding hydrogens is 264 g/mol. The first-order valence-electron chi connectivity index (χ1n) is 8.15. The molecule has 1 aromatic rings. The highest BCUT2D eigenvalue weighted by atomic mass is 16.3. The molecule has 5 heteroatoms. The van der Waals surface area contributed by atoms with Crippen LogP contribution in [0.1, 0.15) is 44.4 Å². The Labute approximate surface area is 128 Å². The van der Waals surface area contributed by atoms with Crippen molar-refractivity contribution in [3.8, 4) is 0 Å². The van der Waals surface area contributed by atoms with Gasteiger partial charge < -0.3 is 15.3 Å². The molecule has 0 unspecified atom stereocenters. The first-order chi connectivity index (χ1) is 10.0. The smallest absolute Gasteiger partial charge is 0.131 e. The molecule has 2 rings (SSSR count). The minimum atomic E-state index is 0.194. The summed E-state index contributed by atoms with van der Waals surface area (Å²) in [5.41, 5.74) is 2.37. The molecular formula is C16H30N4O. The molecule has 0 bridgehead atoms. The van der Waals surface area contributed by atoms with Gasteiger partial charge in [-0.15, -0.1) is 0 Å². The van der Waals surface area contributed by atoms with Crippen molar-refractivity contribution in [1.29, 1.82) is 0 Å². The normalized spacial score (nSPS) is 15.5. The molecule has 0 atom stereocenters. The van der Waals surface area contributed by atoms with Crippen molar-refractivity contribution in [3.05, 3.63) is 11.3 Å². The highest BCUT2D eigenvalue weighted by molar-refractivity contribution is 5.51. The van der Waals surface area contributed by atoms with Crippen molar-refractivity contribution >= 4 is 5.82 Å². The Balaban J connectivity index is 2.19. The minimum absolute atomic E-state index is 0.194. The van der Waals surface area contributed by atoms with Gasteiger partial charge in [0.25, 0.3) is 0 Å². The molecule has 120 valence electrons. The molecule has 1 aromatic heterocycles. The molecule has 0 amide bonds. The zero-order chi connectivity index (χ0) is 15.4. The van der Waals surface area contributed by atoms with E-state index in [0.717, 1.165) is 18.8 Å². The van der Waals surface area contributed by atoms with Gasteiger partial charge in [0.15, 0.2) is 0 Å². The highest BCUT2D eigenvalue weighted by Crippen LogP contribution is 2.32. The Bertz CT molecular complexity index is 451. The van der Waals surface area contributed by atoms with E-state index in [2.05, 4.69) is 36.1 Å². The van der Waals surface area contributed by atoms with Gasteiger partial charge in [-0.1, -0.05) is 13.8 Å². The predicted molar refractivity (Wildman–Crippen MR) is 86.6 cm³/mol. The summed E-state index contributed by atoms with van der Waals surface area (Å²) in [5, 5.41) is 17.5. The zero-order valence-electron chi connectivity index (χ0n) is 13.9. The maximum atomic E-state index is 9.42. The summed E-state index contributed by atoms with van der Waals surface area (Å²) in [6.07, 6.45) is 3.75. The zero-order valence-corrected chi connectivity index (χ0v) is 13.9. The Morgan fingerprint density at radius 3 is 2.67 bits per heavy atom. The number of nitrogens with zero attached hydrogens (tertiary/aromatic N) is 3. The second-order valence-corrected chi connectivity index (χ2v) is 6.54. The van der Waals surface area contributed by atoms with Crippen molar-refractivity contribution in [3.63, 3.8) is 0 Å². The van der Waals surface area contributed by atoms with E-state index in [-0.39, 0.29) is 6.61 Å². The van der Waals surface area contributed by atoms with E-state index in [1.54, 1.807) is 0 Å². The van der Waals surface area contributed by atoms with E-state index in [0.29, 0.717) is 18.5 Å². The number of nitrogens with one attached hydrogen (secondary N) is 1. The predicted octanol–water partition coefficient (Wildman–Crippen LogP) is 1.83. The van der Waals surface area contributed by atoms with Crippen molar-refractivity contribution in [2.45, 2.75) is 52.6 Å². The van der Waals surface area contributed by atoms with E-state index < -0.39 is 0 Å². The van der Waals surface area contributed by atoms with Gasteiger partial charge in [-0.05, 0) is 38.6 Å². The van der Waals surface area contributed by atoms with E-state index in [4.69, 9.17) is 0 Å². The summed E-state index contributed by atoms with van der Waals surface area (Å²) < 4.78 is 1.98. The lowest BCUT2D eigenvalue weighted by atomic mass is 9.91. The Morgan fingerprint density at radius 2 is 2.14 bits per heavy atom. The van der Waals surface area contributed by atoms with E-state index in [1.165, 1.54) is 30.6 Å². The van der Waals surface area contributed by atoms with Crippen LogP contribution >= 0.6 is 0 Å². The third-order valence-electron chi connectivity index (χ3n) is 4.30. The van der Waals surface area contributed by atoms with Gasteiger partial charge in [-0.25, -0.2) is 0 Å². The number of hydrogen-bond acceptors (Lipinski definition) is 4. The van der Waals surface area contributed by atoms with Crippen LogP contribution in [0.4, 0.5) is 5.82 Å². The molecule has 0 saturated heterocycles. The van der Waals surface area contributed by atoms with Gasteiger partial charge >= 0.3 is 0 Å². The number of anilines is 1. The number of rotatable bonds is 8. The summed E-state index contributed by atoms with van der Waals surface area (Å²) in [6, 6.07) is 0.566. The molecule has 0 radical (unpaired) electrons. The lowest BCUT2D eigenvalue weighted by Gasteiger charge is -2.39. The van der Waals surface area contributed by atoms with E-state index in [9.17, 15) is 5.11 Å². The number of aryl methyl sites for hydroxylation is 2. The van der Waals surface area contributed by atoms with Crippen LogP contribution in [0.15, 0.2) is 0 Å². The monoisotopic (exact) mass is 294 g/mol. The van der Waals surface area contributed by atoms with Gasteiger partial charge in [0.05, 0.1) is 12.3 Å². The lowest BCUT2D eigenvalue weighted by Crippen LogP contribution is -2.43. The van der Waals surface area contributed by atoms with Crippen LogP contribution < -0.4 is 10.2 Å². The summed E-state index contributed by atoms with van der Waals surface area (Å²) in [6.45, 7) is 9.26. The van der Waals surface area contributed by atoms with Crippen molar-refractivity contribution in [1.82, 2.24) is 15.1 Å². The molecule has 1 heterocycles. The first kappa shape index (κ1) is 16.3. The summed E-state index contributed by atoms with van der Waals surface area (Å²) in [4.78, 5) is 2.36. The fraction of sp³-hybridized carbons (Fsp3) is 0.812. The molecule has 1 aliphatic rings. The molecule has 0 aromatic carbocycles. The van der Waals surface area contributed by atoms with Crippen LogP contribution in [0.3, 0.4) is 0 Å². The average Bonchev–Trinajstić information content (AvgIpc) is 2.61. The number of aliphatic hydroxyl groups is 1. The number of aliphatic hydroxyl groups excluding tert-OH is 1. The number of hydrogen-bond donors (Lipinski definition) is 2. The molecule has 0 aliphatic heterocycles. The largest absolute Gasteiger partial charge is 0.395 e. The van der Waals surface area contributed by atoms with Crippen molar-refractivity contribution < 1.29 is 5.11 Å². The van der Waals surface area contributed by atoms with E-state index >= 15 is 0 Å². The first-order valence-corrected chi connectivity index (χ1v) is 8.15. The Kier molecular flexibility index (Phi) is 5.65. The SMILES string of the molecule is Cc1nn(C)c(N(CCO)C2CCC2)c1CNCC(C)C. The van der Waals surface area contributed by atoms with Gasteiger partial charge in [0, 0.05) is 31.7 Å². The van der Waals surface area contributed by atoms with Gasteiger partial charge in [0.2, 0.25) is 0 Å². The fourth-order valence-electron chi connectivity index (χ4n) is 3.01. The Hall–Kier alpha value is -1.07. The minimum Gasteiger partial charge on any atom is -0.395 e. The summed E-state index contributed by atoms with van der Waals surface area (Å²) in [7, 11) is 2.01. The van der Waals surface area contributed by atoms with Gasteiger partial charge in [0.1, 0.15) is 5.82 Å². The quantitative estimate of drug-likeness (QED) is 0.768. The van der Waals surface area contributed by atoms with Crippen LogP contribution in [0.2, 0.25) is 0 Å². The Morgan fingerprint density at radius 1 is 1.43 bits per heavy atom. The molecule has 5 nitrogen and oxygen atoms in total. The second-order valence-electron chi connectivity index (χ2n) is 6.54. The van der Waals surface area contributed by atoms with E-state index in [1.807, 2.05) is 11.7 Å². The van der Waals surface area contributed by atoms with Crippen LogP contribution in [0, 0.1) is 12.8 Å². The number of aromatic nitrogens is 2. The highest BCUT2D eigenvalue weighted by Gasteiger charge is 2.29. The third-order valence-corrected chi connectivity index (χ3v) is 4.30. The van der Waals surface area contributed by atoms with Gasteiger partial charge in [-0.3, -0.25) is 4.68 Å². The molecule has 1 fully saturated rings. The summed E-state index contributed by atoms with van der Waals surface area (Å²) >= 11 is 0.